The van der Waals surface area contributed by atoms with E-state index in [0.29, 0.717) is 20.0 Å². The fourth-order valence-electron chi connectivity index (χ4n) is 0.693. The largest absolute Gasteiger partial charge is 0.354 e. The summed E-state index contributed by atoms with van der Waals surface area (Å²) in [6.45, 7) is 2.92. The van der Waals surface area contributed by atoms with Crippen molar-refractivity contribution in [3.05, 3.63) is 0 Å². The predicted octanol–water partition coefficient (Wildman–Crippen LogP) is 0.107. The van der Waals surface area contributed by atoms with Gasteiger partial charge in [-0.3, -0.25) is 4.79 Å². The molecule has 0 amide bonds. The molecule has 1 aliphatic rings. The second-order valence-corrected chi connectivity index (χ2v) is 2.48. The fraction of sp³-hybridized carbons (Fsp3) is 0.833. The zero-order chi connectivity index (χ0) is 6.74. The molecule has 1 saturated heterocycles. The molecule has 0 atom stereocenters. The highest BCUT2D eigenvalue weighted by Gasteiger charge is 2.28. The van der Waals surface area contributed by atoms with Gasteiger partial charge < -0.3 is 9.47 Å². The quantitative estimate of drug-likeness (QED) is 0.504. The van der Waals surface area contributed by atoms with Crippen LogP contribution in [-0.4, -0.2) is 26.3 Å². The maximum atomic E-state index is 10.2. The Bertz CT molecular complexity index is 105. The molecule has 9 heavy (non-hydrogen) atoms. The normalized spacial score (nSPS) is 25.4. The first-order valence-corrected chi connectivity index (χ1v) is 2.82. The summed E-state index contributed by atoms with van der Waals surface area (Å²) in [7, 11) is 0. The molecule has 0 saturated carbocycles. The summed E-state index contributed by atoms with van der Waals surface area (Å²) >= 11 is 0. The highest BCUT2D eigenvalue weighted by atomic mass is 16.7. The Hall–Kier alpha value is -0.410. The summed E-state index contributed by atoms with van der Waals surface area (Å²) in [5.74, 6) is 0. The lowest BCUT2D eigenvalue weighted by Crippen LogP contribution is -2.35. The van der Waals surface area contributed by atoms with E-state index in [1.807, 2.05) is 6.29 Å². The molecule has 0 aliphatic carbocycles. The molecule has 0 spiro atoms. The van der Waals surface area contributed by atoms with Crippen molar-refractivity contribution in [2.45, 2.75) is 6.92 Å². The van der Waals surface area contributed by atoms with Gasteiger partial charge in [0, 0.05) is 0 Å². The second kappa shape index (κ2) is 2.45. The minimum atomic E-state index is -0.530. The zero-order valence-corrected chi connectivity index (χ0v) is 5.35. The average molecular weight is 129 g/mol. The third kappa shape index (κ3) is 1.50. The summed E-state index contributed by atoms with van der Waals surface area (Å²) in [5, 5.41) is 0. The molecular formula is C6H9O3. The van der Waals surface area contributed by atoms with Crippen LogP contribution in [0.3, 0.4) is 0 Å². The Morgan fingerprint density at radius 1 is 1.44 bits per heavy atom. The van der Waals surface area contributed by atoms with Gasteiger partial charge in [0.2, 0.25) is 6.29 Å². The minimum Gasteiger partial charge on any atom is -0.354 e. The van der Waals surface area contributed by atoms with Crippen molar-refractivity contribution in [1.82, 2.24) is 0 Å². The molecule has 3 heteroatoms. The Balaban J connectivity index is 2.46. The van der Waals surface area contributed by atoms with Gasteiger partial charge in [-0.25, -0.2) is 0 Å². The summed E-state index contributed by atoms with van der Waals surface area (Å²) in [5.41, 5.74) is -0.530. The van der Waals surface area contributed by atoms with E-state index >= 15 is 0 Å². The van der Waals surface area contributed by atoms with Gasteiger partial charge in [-0.05, 0) is 6.92 Å². The van der Waals surface area contributed by atoms with E-state index < -0.39 is 5.41 Å². The molecule has 0 aromatic carbocycles. The van der Waals surface area contributed by atoms with Crippen molar-refractivity contribution in [1.29, 1.82) is 0 Å². The first-order chi connectivity index (χ1) is 4.27. The van der Waals surface area contributed by atoms with Crippen molar-refractivity contribution in [2.24, 2.45) is 5.41 Å². The lowest BCUT2D eigenvalue weighted by molar-refractivity contribution is -0.138. The van der Waals surface area contributed by atoms with Crippen LogP contribution in [0.1, 0.15) is 6.92 Å². The molecule has 0 aromatic rings. The smallest absolute Gasteiger partial charge is 0.209 e. The van der Waals surface area contributed by atoms with Crippen LogP contribution in [0.25, 0.3) is 0 Å². The van der Waals surface area contributed by atoms with Crippen LogP contribution < -0.4 is 0 Å². The molecule has 0 N–H and O–H groups in total. The topological polar surface area (TPSA) is 35.5 Å². The first kappa shape index (κ1) is 6.71. The molecule has 0 bridgehead atoms. The molecule has 1 fully saturated rings. The summed E-state index contributed by atoms with van der Waals surface area (Å²) in [6, 6.07) is 0. The lowest BCUT2D eigenvalue weighted by Gasteiger charge is -2.26. The monoisotopic (exact) mass is 129 g/mol. The summed E-state index contributed by atoms with van der Waals surface area (Å²) in [6.07, 6.45) is 1.88. The lowest BCUT2D eigenvalue weighted by atomic mass is 9.95. The van der Waals surface area contributed by atoms with Crippen LogP contribution in [0.4, 0.5) is 0 Å². The van der Waals surface area contributed by atoms with Crippen molar-refractivity contribution in [3.8, 4) is 0 Å². The molecule has 0 aromatic heterocycles. The molecule has 0 unspecified atom stereocenters. The number of hydrogen-bond donors (Lipinski definition) is 0. The van der Waals surface area contributed by atoms with Crippen LogP contribution >= 0.6 is 0 Å². The van der Waals surface area contributed by atoms with Crippen molar-refractivity contribution in [3.63, 3.8) is 0 Å². The first-order valence-electron chi connectivity index (χ1n) is 2.82. The maximum Gasteiger partial charge on any atom is 0.209 e. The van der Waals surface area contributed by atoms with Crippen molar-refractivity contribution in [2.75, 3.05) is 20.0 Å². The van der Waals surface area contributed by atoms with E-state index in [1.54, 1.807) is 6.92 Å². The van der Waals surface area contributed by atoms with Gasteiger partial charge in [-0.15, -0.1) is 0 Å². The molecule has 1 radical (unpaired) electrons. The minimum absolute atomic E-state index is 0.303. The Kier molecular flexibility index (Phi) is 1.83. The molecule has 3 nitrogen and oxygen atoms in total. The number of ether oxygens (including phenoxy) is 2. The fourth-order valence-corrected chi connectivity index (χ4v) is 0.693. The van der Waals surface area contributed by atoms with E-state index in [1.165, 1.54) is 0 Å². The van der Waals surface area contributed by atoms with E-state index in [-0.39, 0.29) is 0 Å². The maximum absolute atomic E-state index is 10.2. The summed E-state index contributed by atoms with van der Waals surface area (Å²) < 4.78 is 9.78. The van der Waals surface area contributed by atoms with Crippen LogP contribution in [0.5, 0.6) is 0 Å². The SMILES string of the molecule is CC1([C]=O)COCOC1. The van der Waals surface area contributed by atoms with Crippen LogP contribution in [0, 0.1) is 5.41 Å². The number of rotatable bonds is 1. The Morgan fingerprint density at radius 3 is 2.33 bits per heavy atom. The summed E-state index contributed by atoms with van der Waals surface area (Å²) in [4.78, 5) is 10.2. The molecule has 1 rings (SSSR count). The molecule has 1 aliphatic heterocycles. The van der Waals surface area contributed by atoms with Crippen LogP contribution in [0.15, 0.2) is 0 Å². The van der Waals surface area contributed by atoms with Gasteiger partial charge in [0.1, 0.15) is 6.79 Å². The van der Waals surface area contributed by atoms with Gasteiger partial charge in [0.05, 0.1) is 18.6 Å². The van der Waals surface area contributed by atoms with Crippen LogP contribution in [0.2, 0.25) is 0 Å². The predicted molar refractivity (Wildman–Crippen MR) is 30.6 cm³/mol. The highest BCUT2D eigenvalue weighted by Crippen LogP contribution is 2.17. The van der Waals surface area contributed by atoms with Gasteiger partial charge in [0.15, 0.2) is 0 Å². The van der Waals surface area contributed by atoms with E-state index in [0.717, 1.165) is 0 Å². The number of carbonyl (C=O) groups excluding carboxylic acids is 1. The van der Waals surface area contributed by atoms with Crippen LogP contribution in [-0.2, 0) is 14.3 Å². The Labute approximate surface area is 53.9 Å². The van der Waals surface area contributed by atoms with Crippen molar-refractivity contribution < 1.29 is 14.3 Å². The van der Waals surface area contributed by atoms with Gasteiger partial charge in [-0.1, -0.05) is 0 Å². The standard InChI is InChI=1S/C6H9O3/c1-6(2-7)3-8-5-9-4-6/h3-5H2,1H3. The number of hydrogen-bond acceptors (Lipinski definition) is 3. The van der Waals surface area contributed by atoms with Gasteiger partial charge in [-0.2, -0.15) is 0 Å². The highest BCUT2D eigenvalue weighted by molar-refractivity contribution is 5.60. The van der Waals surface area contributed by atoms with Crippen molar-refractivity contribution >= 4 is 6.29 Å². The van der Waals surface area contributed by atoms with E-state index in [2.05, 4.69) is 0 Å². The van der Waals surface area contributed by atoms with Gasteiger partial charge in [0.25, 0.3) is 0 Å². The van der Waals surface area contributed by atoms with Gasteiger partial charge >= 0.3 is 0 Å². The second-order valence-electron chi connectivity index (χ2n) is 2.48. The third-order valence-corrected chi connectivity index (χ3v) is 1.25. The molecule has 51 valence electrons. The molecular weight excluding hydrogens is 120 g/mol. The zero-order valence-electron chi connectivity index (χ0n) is 5.35. The average Bonchev–Trinajstić information content (AvgIpc) is 1.90. The molecule has 1 heterocycles. The van der Waals surface area contributed by atoms with E-state index in [4.69, 9.17) is 9.47 Å². The van der Waals surface area contributed by atoms with E-state index in [9.17, 15) is 4.79 Å². The Morgan fingerprint density at radius 2 is 2.00 bits per heavy atom. The third-order valence-electron chi connectivity index (χ3n) is 1.25.